The summed E-state index contributed by atoms with van der Waals surface area (Å²) < 4.78 is 10.7. The Morgan fingerprint density at radius 2 is 1.80 bits per heavy atom. The third-order valence-corrected chi connectivity index (χ3v) is 4.61. The Morgan fingerprint density at radius 3 is 2.50 bits per heavy atom. The van der Waals surface area contributed by atoms with Gasteiger partial charge in [-0.05, 0) is 55.6 Å². The van der Waals surface area contributed by atoms with Gasteiger partial charge < -0.3 is 14.8 Å². The number of rotatable bonds is 4. The van der Waals surface area contributed by atoms with Crippen molar-refractivity contribution in [2.24, 2.45) is 11.8 Å². The lowest BCUT2D eigenvalue weighted by atomic mass is 9.88. The van der Waals surface area contributed by atoms with Crippen LogP contribution in [0.3, 0.4) is 0 Å². The lowest BCUT2D eigenvalue weighted by molar-refractivity contribution is 0.142. The smallest absolute Gasteiger partial charge is 0.122 e. The van der Waals surface area contributed by atoms with Crippen molar-refractivity contribution < 1.29 is 9.47 Å². The van der Waals surface area contributed by atoms with Gasteiger partial charge in [-0.3, -0.25) is 4.90 Å². The molecule has 2 atom stereocenters. The summed E-state index contributed by atoms with van der Waals surface area (Å²) in [4.78, 5) is 2.56. The summed E-state index contributed by atoms with van der Waals surface area (Å²) >= 11 is 0. The molecule has 2 aliphatic heterocycles. The molecule has 2 saturated heterocycles. The summed E-state index contributed by atoms with van der Waals surface area (Å²) in [6, 6.07) is 6.15. The molecule has 0 aromatic heterocycles. The molecule has 1 N–H and O–H groups in total. The van der Waals surface area contributed by atoms with E-state index in [0.29, 0.717) is 0 Å². The summed E-state index contributed by atoms with van der Waals surface area (Å²) in [5.41, 5.74) is 1.27. The van der Waals surface area contributed by atoms with E-state index in [1.165, 1.54) is 38.2 Å². The molecule has 110 valence electrons. The Kier molecular flexibility index (Phi) is 4.13. The van der Waals surface area contributed by atoms with E-state index in [4.69, 9.17) is 9.47 Å². The molecule has 0 saturated carbocycles. The Hall–Kier alpha value is -1.26. The predicted octanol–water partition coefficient (Wildman–Crippen LogP) is 1.75. The maximum Gasteiger partial charge on any atom is 0.122 e. The molecule has 2 aliphatic rings. The van der Waals surface area contributed by atoms with Crippen molar-refractivity contribution in [1.82, 2.24) is 10.2 Å². The average molecular weight is 276 g/mol. The normalized spacial score (nSPS) is 26.3. The summed E-state index contributed by atoms with van der Waals surface area (Å²) in [6.07, 6.45) is 1.32. The van der Waals surface area contributed by atoms with Gasteiger partial charge in [-0.1, -0.05) is 0 Å². The number of hydrogen-bond donors (Lipinski definition) is 1. The maximum atomic E-state index is 5.35. The predicted molar refractivity (Wildman–Crippen MR) is 79.3 cm³/mol. The van der Waals surface area contributed by atoms with E-state index in [2.05, 4.69) is 22.3 Å². The zero-order valence-corrected chi connectivity index (χ0v) is 12.4. The van der Waals surface area contributed by atoms with Crippen molar-refractivity contribution in [2.45, 2.75) is 13.0 Å². The third kappa shape index (κ3) is 2.91. The van der Waals surface area contributed by atoms with Crippen LogP contribution in [0.25, 0.3) is 0 Å². The second kappa shape index (κ2) is 6.02. The van der Waals surface area contributed by atoms with Crippen LogP contribution in [0.5, 0.6) is 11.5 Å². The highest BCUT2D eigenvalue weighted by atomic mass is 16.5. The van der Waals surface area contributed by atoms with E-state index in [0.717, 1.165) is 29.9 Å². The van der Waals surface area contributed by atoms with Gasteiger partial charge in [0.05, 0.1) is 14.2 Å². The SMILES string of the molecule is COc1cc(CN2CCC3CNCC3C2)cc(OC)c1. The molecule has 1 aromatic carbocycles. The van der Waals surface area contributed by atoms with E-state index in [-0.39, 0.29) is 0 Å². The van der Waals surface area contributed by atoms with Crippen LogP contribution in [0.2, 0.25) is 0 Å². The Labute approximate surface area is 121 Å². The minimum atomic E-state index is 0.830. The van der Waals surface area contributed by atoms with Gasteiger partial charge in [-0.15, -0.1) is 0 Å². The molecular formula is C16H24N2O2. The van der Waals surface area contributed by atoms with Crippen LogP contribution in [0.1, 0.15) is 12.0 Å². The number of nitrogens with zero attached hydrogens (tertiary/aromatic N) is 1. The second-order valence-electron chi connectivity index (χ2n) is 5.92. The first-order valence-corrected chi connectivity index (χ1v) is 7.43. The number of piperidine rings is 1. The zero-order valence-electron chi connectivity index (χ0n) is 12.4. The fraction of sp³-hybridized carbons (Fsp3) is 0.625. The molecule has 2 heterocycles. The average Bonchev–Trinajstić information content (AvgIpc) is 2.94. The zero-order chi connectivity index (χ0) is 13.9. The summed E-state index contributed by atoms with van der Waals surface area (Å²) in [6.45, 7) is 5.78. The largest absolute Gasteiger partial charge is 0.497 e. The van der Waals surface area contributed by atoms with Gasteiger partial charge in [0.2, 0.25) is 0 Å². The molecule has 4 nitrogen and oxygen atoms in total. The highest BCUT2D eigenvalue weighted by Gasteiger charge is 2.32. The summed E-state index contributed by atoms with van der Waals surface area (Å²) in [5, 5.41) is 3.52. The van der Waals surface area contributed by atoms with Gasteiger partial charge >= 0.3 is 0 Å². The molecule has 0 aliphatic carbocycles. The van der Waals surface area contributed by atoms with Gasteiger partial charge in [-0.2, -0.15) is 0 Å². The van der Waals surface area contributed by atoms with E-state index in [1.807, 2.05) is 6.07 Å². The summed E-state index contributed by atoms with van der Waals surface area (Å²) in [7, 11) is 3.41. The monoisotopic (exact) mass is 276 g/mol. The molecule has 1 aromatic rings. The van der Waals surface area contributed by atoms with Crippen molar-refractivity contribution in [3.05, 3.63) is 23.8 Å². The maximum absolute atomic E-state index is 5.35. The number of fused-ring (bicyclic) bond motifs is 1. The Balaban J connectivity index is 1.68. The molecule has 20 heavy (non-hydrogen) atoms. The highest BCUT2D eigenvalue weighted by Crippen LogP contribution is 2.29. The molecule has 0 bridgehead atoms. The molecule has 2 unspecified atom stereocenters. The Bertz CT molecular complexity index is 442. The lowest BCUT2D eigenvalue weighted by Gasteiger charge is -2.34. The molecule has 0 amide bonds. The van der Waals surface area contributed by atoms with Gasteiger partial charge in [0.1, 0.15) is 11.5 Å². The minimum absolute atomic E-state index is 0.830. The van der Waals surface area contributed by atoms with Gasteiger partial charge in [-0.25, -0.2) is 0 Å². The van der Waals surface area contributed by atoms with Crippen molar-refractivity contribution in [1.29, 1.82) is 0 Å². The first kappa shape index (κ1) is 13.7. The molecular weight excluding hydrogens is 252 g/mol. The Morgan fingerprint density at radius 1 is 1.10 bits per heavy atom. The van der Waals surface area contributed by atoms with Crippen molar-refractivity contribution in [3.8, 4) is 11.5 Å². The van der Waals surface area contributed by atoms with Gasteiger partial charge in [0, 0.05) is 19.2 Å². The van der Waals surface area contributed by atoms with Crippen molar-refractivity contribution in [3.63, 3.8) is 0 Å². The van der Waals surface area contributed by atoms with Crippen LogP contribution >= 0.6 is 0 Å². The van der Waals surface area contributed by atoms with Crippen LogP contribution in [-0.2, 0) is 6.54 Å². The second-order valence-corrected chi connectivity index (χ2v) is 5.92. The standard InChI is InChI=1S/C16H24N2O2/c1-19-15-5-12(6-16(7-15)20-2)10-18-4-3-13-8-17-9-14(13)11-18/h5-7,13-14,17H,3-4,8-11H2,1-2H3. The van der Waals surface area contributed by atoms with Crippen LogP contribution in [0, 0.1) is 11.8 Å². The molecule has 0 radical (unpaired) electrons. The van der Waals surface area contributed by atoms with E-state index < -0.39 is 0 Å². The molecule has 0 spiro atoms. The van der Waals surface area contributed by atoms with Crippen molar-refractivity contribution in [2.75, 3.05) is 40.4 Å². The number of hydrogen-bond acceptors (Lipinski definition) is 4. The van der Waals surface area contributed by atoms with Crippen LogP contribution in [0.4, 0.5) is 0 Å². The molecule has 2 fully saturated rings. The minimum Gasteiger partial charge on any atom is -0.497 e. The van der Waals surface area contributed by atoms with E-state index in [9.17, 15) is 0 Å². The van der Waals surface area contributed by atoms with Crippen molar-refractivity contribution >= 4 is 0 Å². The first-order valence-electron chi connectivity index (χ1n) is 7.43. The van der Waals surface area contributed by atoms with Gasteiger partial charge in [0.25, 0.3) is 0 Å². The fourth-order valence-electron chi connectivity index (χ4n) is 3.47. The topological polar surface area (TPSA) is 33.7 Å². The first-order chi connectivity index (χ1) is 9.78. The van der Waals surface area contributed by atoms with Gasteiger partial charge in [0.15, 0.2) is 0 Å². The third-order valence-electron chi connectivity index (χ3n) is 4.61. The molecule has 3 rings (SSSR count). The van der Waals surface area contributed by atoms with Crippen LogP contribution in [-0.4, -0.2) is 45.3 Å². The van der Waals surface area contributed by atoms with Crippen LogP contribution in [0.15, 0.2) is 18.2 Å². The van der Waals surface area contributed by atoms with Crippen LogP contribution < -0.4 is 14.8 Å². The number of likely N-dealkylation sites (tertiary alicyclic amines) is 1. The number of methoxy groups -OCH3 is 2. The van der Waals surface area contributed by atoms with E-state index in [1.54, 1.807) is 14.2 Å². The number of benzene rings is 1. The highest BCUT2D eigenvalue weighted by molar-refractivity contribution is 5.38. The quantitative estimate of drug-likeness (QED) is 0.908. The lowest BCUT2D eigenvalue weighted by Crippen LogP contribution is -2.39. The van der Waals surface area contributed by atoms with E-state index >= 15 is 0 Å². The number of ether oxygens (including phenoxy) is 2. The number of nitrogens with one attached hydrogen (secondary N) is 1. The molecule has 4 heteroatoms. The summed E-state index contributed by atoms with van der Waals surface area (Å²) in [5.74, 6) is 3.47. The fourth-order valence-corrected chi connectivity index (χ4v) is 3.47.